The molecule has 0 amide bonds. The predicted molar refractivity (Wildman–Crippen MR) is 131 cm³/mol. The molecule has 33 heavy (non-hydrogen) atoms. The van der Waals surface area contributed by atoms with E-state index in [1.54, 1.807) is 0 Å². The van der Waals surface area contributed by atoms with Crippen molar-refractivity contribution in [2.75, 3.05) is 16.6 Å². The molecule has 7 nitrogen and oxygen atoms in total. The molecule has 0 radical (unpaired) electrons. The second-order valence-corrected chi connectivity index (χ2v) is 11.5. The molecule has 0 aliphatic carbocycles. The molecule has 12 heteroatoms. The first kappa shape index (κ1) is 27.7. The van der Waals surface area contributed by atoms with Gasteiger partial charge in [0.2, 0.25) is 0 Å². The number of hydrogen-bond donors (Lipinski definition) is 4. The van der Waals surface area contributed by atoms with Crippen LogP contribution in [0.5, 0.6) is 0 Å². The number of rotatable bonds is 13. The zero-order chi connectivity index (χ0) is 24.8. The molecule has 3 atom stereocenters. The number of anilines is 2. The minimum Gasteiger partial charge on any atom is -0.369 e. The maximum atomic E-state index is 14.8. The molecule has 0 bridgehead atoms. The molecule has 2 rings (SSSR count). The summed E-state index contributed by atoms with van der Waals surface area (Å²) >= 11 is 6.80. The second kappa shape index (κ2) is 12.3. The van der Waals surface area contributed by atoms with Crippen molar-refractivity contribution in [1.29, 1.82) is 0 Å². The van der Waals surface area contributed by atoms with Gasteiger partial charge < -0.3 is 11.1 Å². The number of thiazole rings is 1. The smallest absolute Gasteiger partial charge is 0.266 e. The number of halogens is 3. The molecule has 1 heterocycles. The fraction of sp³-hybridized carbons (Fsp3) is 0.571. The zero-order valence-corrected chi connectivity index (χ0v) is 21.6. The topological polar surface area (TPSA) is 109 Å². The molecule has 1 aromatic heterocycles. The van der Waals surface area contributed by atoms with Crippen molar-refractivity contribution in [3.8, 4) is 0 Å². The third kappa shape index (κ3) is 8.32. The molecule has 186 valence electrons. The van der Waals surface area contributed by atoms with Crippen LogP contribution in [0, 0.1) is 22.8 Å². The van der Waals surface area contributed by atoms with Crippen LogP contribution in [0.25, 0.3) is 0 Å². The van der Waals surface area contributed by atoms with Crippen LogP contribution in [0.2, 0.25) is 5.02 Å². The van der Waals surface area contributed by atoms with Crippen LogP contribution in [0.15, 0.2) is 23.2 Å². The van der Waals surface area contributed by atoms with E-state index in [2.05, 4.69) is 34.2 Å². The van der Waals surface area contributed by atoms with Crippen LogP contribution in [0.1, 0.15) is 47.0 Å². The Morgan fingerprint density at radius 1 is 1.24 bits per heavy atom. The van der Waals surface area contributed by atoms with Crippen LogP contribution in [0.3, 0.4) is 0 Å². The first-order valence-corrected chi connectivity index (χ1v) is 13.5. The van der Waals surface area contributed by atoms with Crippen LogP contribution >= 0.6 is 22.9 Å². The van der Waals surface area contributed by atoms with Gasteiger partial charge in [0.1, 0.15) is 10.7 Å². The highest BCUT2D eigenvalue weighted by Crippen LogP contribution is 2.30. The maximum absolute atomic E-state index is 14.8. The minimum atomic E-state index is -4.34. The van der Waals surface area contributed by atoms with E-state index in [1.165, 1.54) is 0 Å². The van der Waals surface area contributed by atoms with E-state index < -0.39 is 25.9 Å². The van der Waals surface area contributed by atoms with Gasteiger partial charge in [0, 0.05) is 12.6 Å². The third-order valence-corrected chi connectivity index (χ3v) is 7.56. The lowest BCUT2D eigenvalue weighted by atomic mass is 9.91. The highest BCUT2D eigenvalue weighted by atomic mass is 35.5. The van der Waals surface area contributed by atoms with Crippen molar-refractivity contribution in [2.45, 2.75) is 64.1 Å². The van der Waals surface area contributed by atoms with E-state index in [4.69, 9.17) is 17.3 Å². The van der Waals surface area contributed by atoms with Crippen molar-refractivity contribution in [3.05, 3.63) is 34.3 Å². The normalized spacial score (nSPS) is 14.8. The first-order chi connectivity index (χ1) is 15.4. The molecule has 2 aromatic rings. The third-order valence-electron chi connectivity index (χ3n) is 5.06. The van der Waals surface area contributed by atoms with Crippen molar-refractivity contribution in [1.82, 2.24) is 10.3 Å². The molecule has 0 spiro atoms. The van der Waals surface area contributed by atoms with Crippen LogP contribution in [-0.4, -0.2) is 32.2 Å². The molecular weight excluding hydrogens is 492 g/mol. The zero-order valence-electron chi connectivity index (χ0n) is 19.2. The van der Waals surface area contributed by atoms with Gasteiger partial charge in [0.05, 0.1) is 23.1 Å². The standard InChI is InChI=1S/C21H32ClF2N5O2S2/c1-5-6-20(26-10-14(13(4)25)7-12(2)3)28-17-9-16(23)18(8-15(17)22)33(30,31)29-21-27-11-19(24)32-21/h8-9,11-14,20,26,28H,5-7,10,25H2,1-4H3,(H,27,29)/t13-,14?,20?/m1/s1. The average molecular weight is 524 g/mol. The molecule has 2 unspecified atom stereocenters. The molecule has 0 saturated heterocycles. The lowest BCUT2D eigenvalue weighted by molar-refractivity contribution is 0.328. The summed E-state index contributed by atoms with van der Waals surface area (Å²) in [6, 6.07) is 2.09. The van der Waals surface area contributed by atoms with Crippen molar-refractivity contribution < 1.29 is 17.2 Å². The fourth-order valence-electron chi connectivity index (χ4n) is 3.40. The Morgan fingerprint density at radius 2 is 1.94 bits per heavy atom. The van der Waals surface area contributed by atoms with Gasteiger partial charge in [-0.15, -0.1) is 0 Å². The number of nitrogens with zero attached hydrogens (tertiary/aromatic N) is 1. The molecule has 0 saturated carbocycles. The van der Waals surface area contributed by atoms with E-state index in [1.807, 2.05) is 13.8 Å². The van der Waals surface area contributed by atoms with Crippen LogP contribution < -0.4 is 21.1 Å². The maximum Gasteiger partial charge on any atom is 0.266 e. The Labute approximate surface area is 203 Å². The summed E-state index contributed by atoms with van der Waals surface area (Å²) < 4.78 is 55.0. The van der Waals surface area contributed by atoms with E-state index >= 15 is 0 Å². The SMILES string of the molecule is CCCC(NCC(CC(C)C)[C@@H](C)N)Nc1cc(F)c(S(=O)(=O)Nc2ncc(F)s2)cc1Cl. The largest absolute Gasteiger partial charge is 0.369 e. The molecule has 0 aliphatic rings. The number of sulfonamides is 1. The molecule has 5 N–H and O–H groups in total. The van der Waals surface area contributed by atoms with E-state index in [-0.39, 0.29) is 34.0 Å². The Hall–Kier alpha value is -1.53. The quantitative estimate of drug-likeness (QED) is 0.275. The number of hydrogen-bond acceptors (Lipinski definition) is 7. The predicted octanol–water partition coefficient (Wildman–Crippen LogP) is 5.01. The summed E-state index contributed by atoms with van der Waals surface area (Å²) in [4.78, 5) is 2.94. The number of nitrogens with one attached hydrogen (secondary N) is 3. The van der Waals surface area contributed by atoms with E-state index in [9.17, 15) is 17.2 Å². The Balaban J connectivity index is 2.17. The molecule has 0 aliphatic heterocycles. The van der Waals surface area contributed by atoms with Crippen LogP contribution in [0.4, 0.5) is 19.6 Å². The Morgan fingerprint density at radius 3 is 2.48 bits per heavy atom. The number of nitrogens with two attached hydrogens (primary N) is 1. The van der Waals surface area contributed by atoms with Crippen molar-refractivity contribution in [3.63, 3.8) is 0 Å². The first-order valence-electron chi connectivity index (χ1n) is 10.8. The molecular formula is C21H32ClF2N5O2S2. The molecule has 1 aromatic carbocycles. The summed E-state index contributed by atoms with van der Waals surface area (Å²) in [5, 5.41) is 5.77. The fourth-order valence-corrected chi connectivity index (χ4v) is 5.56. The van der Waals surface area contributed by atoms with Gasteiger partial charge in [0.15, 0.2) is 10.3 Å². The second-order valence-electron chi connectivity index (χ2n) is 8.48. The number of benzene rings is 1. The summed E-state index contributed by atoms with van der Waals surface area (Å²) in [6.45, 7) is 8.98. The van der Waals surface area contributed by atoms with Gasteiger partial charge in [-0.05, 0) is 43.7 Å². The minimum absolute atomic E-state index is 0.0199. The molecule has 0 fully saturated rings. The van der Waals surface area contributed by atoms with Gasteiger partial charge in [0.25, 0.3) is 10.0 Å². The van der Waals surface area contributed by atoms with Gasteiger partial charge in [-0.25, -0.2) is 17.8 Å². The van der Waals surface area contributed by atoms with E-state index in [0.717, 1.165) is 37.6 Å². The highest BCUT2D eigenvalue weighted by molar-refractivity contribution is 7.93. The lowest BCUT2D eigenvalue weighted by Gasteiger charge is -2.28. The van der Waals surface area contributed by atoms with Gasteiger partial charge in [-0.1, -0.05) is 50.1 Å². The van der Waals surface area contributed by atoms with Crippen LogP contribution in [-0.2, 0) is 10.0 Å². The highest BCUT2D eigenvalue weighted by Gasteiger charge is 2.24. The van der Waals surface area contributed by atoms with Gasteiger partial charge in [-0.2, -0.15) is 4.39 Å². The van der Waals surface area contributed by atoms with Gasteiger partial charge in [-0.3, -0.25) is 10.0 Å². The van der Waals surface area contributed by atoms with Gasteiger partial charge >= 0.3 is 0 Å². The monoisotopic (exact) mass is 523 g/mol. The summed E-state index contributed by atoms with van der Waals surface area (Å²) in [5.74, 6) is -0.213. The summed E-state index contributed by atoms with van der Waals surface area (Å²) in [6.07, 6.45) is 3.23. The lowest BCUT2D eigenvalue weighted by Crippen LogP contribution is -2.43. The van der Waals surface area contributed by atoms with Crippen molar-refractivity contribution >= 4 is 43.8 Å². The Bertz CT molecular complexity index is 1020. The Kier molecular flexibility index (Phi) is 10.3. The van der Waals surface area contributed by atoms with E-state index in [0.29, 0.717) is 23.8 Å². The van der Waals surface area contributed by atoms with Crippen molar-refractivity contribution in [2.24, 2.45) is 17.6 Å². The number of aromatic nitrogens is 1. The summed E-state index contributed by atoms with van der Waals surface area (Å²) in [7, 11) is -4.34. The average Bonchev–Trinajstić information content (AvgIpc) is 3.10. The summed E-state index contributed by atoms with van der Waals surface area (Å²) in [5.41, 5.74) is 6.40.